The van der Waals surface area contributed by atoms with Crippen molar-refractivity contribution in [3.8, 4) is 0 Å². The largest absolute Gasteiger partial charge is 0.379 e. The third kappa shape index (κ3) is 4.79. The normalized spacial score (nSPS) is 18.2. The molecule has 158 valence electrons. The Kier molecular flexibility index (Phi) is 6.29. The molecule has 0 saturated carbocycles. The molecule has 0 spiro atoms. The summed E-state index contributed by atoms with van der Waals surface area (Å²) in [4.78, 5) is 28.0. The average Bonchev–Trinajstić information content (AvgIpc) is 3.24. The predicted molar refractivity (Wildman–Crippen MR) is 118 cm³/mol. The maximum absolute atomic E-state index is 13.0. The first kappa shape index (κ1) is 20.8. The van der Waals surface area contributed by atoms with Gasteiger partial charge in [0, 0.05) is 22.0 Å². The van der Waals surface area contributed by atoms with Crippen molar-refractivity contribution < 1.29 is 14.3 Å². The van der Waals surface area contributed by atoms with E-state index in [0.29, 0.717) is 25.2 Å². The summed E-state index contributed by atoms with van der Waals surface area (Å²) in [6, 6.07) is 13.1. The number of para-hydroxylation sites is 1. The molecule has 0 unspecified atom stereocenters. The van der Waals surface area contributed by atoms with E-state index in [2.05, 4.69) is 22.0 Å². The third-order valence-corrected chi connectivity index (χ3v) is 6.37. The van der Waals surface area contributed by atoms with Gasteiger partial charge in [0.15, 0.2) is 0 Å². The number of rotatable bonds is 6. The number of benzene rings is 2. The maximum atomic E-state index is 13.0. The Morgan fingerprint density at radius 1 is 1.17 bits per heavy atom. The number of ether oxygens (including phenoxy) is 1. The van der Waals surface area contributed by atoms with Crippen LogP contribution in [0.1, 0.15) is 37.0 Å². The van der Waals surface area contributed by atoms with Gasteiger partial charge in [-0.3, -0.25) is 9.59 Å². The summed E-state index contributed by atoms with van der Waals surface area (Å²) in [6.07, 6.45) is 1.39. The zero-order chi connectivity index (χ0) is 21.1. The van der Waals surface area contributed by atoms with Crippen LogP contribution < -0.4 is 16.0 Å². The van der Waals surface area contributed by atoms with Crippen LogP contribution in [0.15, 0.2) is 52.3 Å². The molecule has 1 saturated heterocycles. The minimum atomic E-state index is -0.572. The molecule has 0 aliphatic carbocycles. The lowest BCUT2D eigenvalue weighted by molar-refractivity contribution is -0.124. The first-order valence-corrected chi connectivity index (χ1v) is 11.2. The lowest BCUT2D eigenvalue weighted by atomic mass is 10.0. The molecule has 1 fully saturated rings. The molecule has 0 bridgehead atoms. The number of hydrogen-bond acceptors (Lipinski definition) is 5. The van der Waals surface area contributed by atoms with Crippen LogP contribution in [0.3, 0.4) is 0 Å². The highest BCUT2D eigenvalue weighted by atomic mass is 32.2. The van der Waals surface area contributed by atoms with E-state index >= 15 is 0 Å². The summed E-state index contributed by atoms with van der Waals surface area (Å²) in [5.41, 5.74) is 2.47. The number of fused-ring (bicyclic) bond motifs is 2. The highest BCUT2D eigenvalue weighted by Crippen LogP contribution is 2.44. The monoisotopic (exact) mass is 425 g/mol. The fourth-order valence-electron chi connectivity index (χ4n) is 3.67. The van der Waals surface area contributed by atoms with E-state index in [4.69, 9.17) is 4.74 Å². The average molecular weight is 426 g/mol. The van der Waals surface area contributed by atoms with E-state index in [-0.39, 0.29) is 23.8 Å². The van der Waals surface area contributed by atoms with Crippen LogP contribution in [-0.2, 0) is 9.53 Å². The topological polar surface area (TPSA) is 79.5 Å². The van der Waals surface area contributed by atoms with E-state index in [1.54, 1.807) is 11.8 Å². The van der Waals surface area contributed by atoms with Crippen LogP contribution in [0, 0.1) is 5.92 Å². The third-order valence-electron chi connectivity index (χ3n) is 5.22. The van der Waals surface area contributed by atoms with Crippen molar-refractivity contribution in [3.05, 3.63) is 48.0 Å². The quantitative estimate of drug-likeness (QED) is 0.557. The second-order valence-electron chi connectivity index (χ2n) is 8.16. The number of anilines is 2. The van der Waals surface area contributed by atoms with Gasteiger partial charge in [-0.2, -0.15) is 0 Å². The van der Waals surface area contributed by atoms with Crippen molar-refractivity contribution in [2.24, 2.45) is 5.92 Å². The highest BCUT2D eigenvalue weighted by molar-refractivity contribution is 7.99. The lowest BCUT2D eigenvalue weighted by Crippen LogP contribution is -2.50. The molecule has 2 aliphatic heterocycles. The number of hydrogen-bond donors (Lipinski definition) is 3. The Bertz CT molecular complexity index is 941. The van der Waals surface area contributed by atoms with Crippen LogP contribution in [0.5, 0.6) is 0 Å². The number of carbonyl (C=O) groups excluding carboxylic acids is 2. The lowest BCUT2D eigenvalue weighted by Gasteiger charge is -2.23. The van der Waals surface area contributed by atoms with Crippen LogP contribution in [0.4, 0.5) is 11.4 Å². The van der Waals surface area contributed by atoms with Gasteiger partial charge in [-0.25, -0.2) is 0 Å². The number of carbonyl (C=O) groups is 2. The zero-order valence-electron chi connectivity index (χ0n) is 17.2. The predicted octanol–water partition coefficient (Wildman–Crippen LogP) is 3.94. The highest BCUT2D eigenvalue weighted by Gasteiger charge is 2.27. The molecular weight excluding hydrogens is 398 g/mol. The van der Waals surface area contributed by atoms with Crippen molar-refractivity contribution in [2.45, 2.75) is 48.6 Å². The molecule has 2 atom stereocenters. The smallest absolute Gasteiger partial charge is 0.252 e. The number of nitrogens with one attached hydrogen (secondary N) is 3. The van der Waals surface area contributed by atoms with E-state index < -0.39 is 6.04 Å². The zero-order valence-corrected chi connectivity index (χ0v) is 18.1. The van der Waals surface area contributed by atoms with Crippen LogP contribution in [0.25, 0.3) is 0 Å². The second kappa shape index (κ2) is 9.10. The molecule has 7 heteroatoms. The van der Waals surface area contributed by atoms with E-state index in [0.717, 1.165) is 27.6 Å². The molecular formula is C23H27N3O3S. The molecule has 0 radical (unpaired) electrons. The Morgan fingerprint density at radius 3 is 2.73 bits per heavy atom. The maximum Gasteiger partial charge on any atom is 0.252 e. The molecule has 2 aromatic rings. The molecule has 4 rings (SSSR count). The van der Waals surface area contributed by atoms with Gasteiger partial charge in [-0.15, -0.1) is 0 Å². The fraction of sp³-hybridized carbons (Fsp3) is 0.391. The summed E-state index contributed by atoms with van der Waals surface area (Å²) < 4.78 is 5.34. The molecule has 0 aromatic heterocycles. The van der Waals surface area contributed by atoms with Crippen molar-refractivity contribution in [1.82, 2.24) is 10.6 Å². The van der Waals surface area contributed by atoms with Crippen molar-refractivity contribution in [1.29, 1.82) is 0 Å². The van der Waals surface area contributed by atoms with Gasteiger partial charge in [-0.1, -0.05) is 37.7 Å². The molecule has 2 amide bonds. The Hall–Kier alpha value is -2.51. The number of amides is 2. The van der Waals surface area contributed by atoms with E-state index in [1.807, 2.05) is 50.2 Å². The first-order valence-electron chi connectivity index (χ1n) is 10.4. The van der Waals surface area contributed by atoms with Crippen molar-refractivity contribution in [2.75, 3.05) is 18.5 Å². The summed E-state index contributed by atoms with van der Waals surface area (Å²) in [5.74, 6) is -0.112. The Morgan fingerprint density at radius 2 is 1.97 bits per heavy atom. The standard InChI is InChI=1S/C23H27N3O3S/c1-14(2)11-19(23(28)24-16-9-10-29-13-16)26-22(27)15-7-8-21-18(12-15)25-17-5-3-4-6-20(17)30-21/h3-8,12,14,16,19,25H,9-11,13H2,1-2H3,(H,24,28)(H,26,27)/t16-,19-/m0/s1. The summed E-state index contributed by atoms with van der Waals surface area (Å²) >= 11 is 1.68. The van der Waals surface area contributed by atoms with Gasteiger partial charge in [-0.05, 0) is 49.1 Å². The van der Waals surface area contributed by atoms with Crippen LogP contribution in [0.2, 0.25) is 0 Å². The summed E-state index contributed by atoms with van der Waals surface area (Å²) in [5, 5.41) is 9.34. The Balaban J connectivity index is 1.46. The first-order chi connectivity index (χ1) is 14.5. The van der Waals surface area contributed by atoms with Crippen molar-refractivity contribution >= 4 is 35.0 Å². The second-order valence-corrected chi connectivity index (χ2v) is 9.24. The molecule has 2 aliphatic rings. The minimum absolute atomic E-state index is 0.0223. The van der Waals surface area contributed by atoms with Gasteiger partial charge < -0.3 is 20.7 Å². The minimum Gasteiger partial charge on any atom is -0.379 e. The van der Waals surface area contributed by atoms with E-state index in [9.17, 15) is 9.59 Å². The molecule has 2 heterocycles. The molecule has 2 aromatic carbocycles. The SMILES string of the molecule is CC(C)C[C@H](NC(=O)c1ccc2c(c1)Nc1ccccc1S2)C(=O)N[C@H]1CCOC1. The molecule has 30 heavy (non-hydrogen) atoms. The molecule has 3 N–H and O–H groups in total. The van der Waals surface area contributed by atoms with Crippen molar-refractivity contribution in [3.63, 3.8) is 0 Å². The van der Waals surface area contributed by atoms with Gasteiger partial charge in [0.1, 0.15) is 6.04 Å². The van der Waals surface area contributed by atoms with Gasteiger partial charge >= 0.3 is 0 Å². The Labute approximate surface area is 181 Å². The van der Waals surface area contributed by atoms with E-state index in [1.165, 1.54) is 0 Å². The molecule has 6 nitrogen and oxygen atoms in total. The summed E-state index contributed by atoms with van der Waals surface area (Å²) in [6.45, 7) is 5.28. The van der Waals surface area contributed by atoms with Gasteiger partial charge in [0.05, 0.1) is 24.0 Å². The fourth-order valence-corrected chi connectivity index (χ4v) is 4.64. The van der Waals surface area contributed by atoms with Gasteiger partial charge in [0.2, 0.25) is 5.91 Å². The van der Waals surface area contributed by atoms with Crippen LogP contribution in [-0.4, -0.2) is 37.1 Å². The van der Waals surface area contributed by atoms with Gasteiger partial charge in [0.25, 0.3) is 5.91 Å². The van der Waals surface area contributed by atoms with Crippen LogP contribution >= 0.6 is 11.8 Å². The summed E-state index contributed by atoms with van der Waals surface area (Å²) in [7, 11) is 0.